The maximum Gasteiger partial charge on any atom is 0.341 e. The number of esters is 1. The van der Waals surface area contributed by atoms with Crippen LogP contribution in [0.3, 0.4) is 0 Å². The zero-order valence-corrected chi connectivity index (χ0v) is 12.6. The molecule has 3 aromatic rings. The van der Waals surface area contributed by atoms with Crippen LogP contribution in [0, 0.1) is 11.6 Å². The van der Waals surface area contributed by atoms with Gasteiger partial charge in [0.2, 0.25) is 5.89 Å². The van der Waals surface area contributed by atoms with Gasteiger partial charge in [0.1, 0.15) is 11.6 Å². The normalized spacial score (nSPS) is 12.0. The molecule has 0 spiro atoms. The highest BCUT2D eigenvalue weighted by Gasteiger charge is 2.22. The first kappa shape index (κ1) is 15.8. The van der Waals surface area contributed by atoms with Gasteiger partial charge in [-0.15, -0.1) is 10.2 Å². The molecule has 0 aliphatic heterocycles. The van der Waals surface area contributed by atoms with E-state index in [-0.39, 0.29) is 17.3 Å². The summed E-state index contributed by atoms with van der Waals surface area (Å²) < 4.78 is 37.0. The van der Waals surface area contributed by atoms with Crippen LogP contribution in [0.1, 0.15) is 29.3 Å². The molecule has 0 radical (unpaired) electrons. The van der Waals surface area contributed by atoms with Gasteiger partial charge in [-0.2, -0.15) is 0 Å². The summed E-state index contributed by atoms with van der Waals surface area (Å²) in [6.45, 7) is 1.52. The van der Waals surface area contributed by atoms with E-state index in [0.717, 1.165) is 17.7 Å². The van der Waals surface area contributed by atoms with Crippen LogP contribution in [0.2, 0.25) is 0 Å². The topological polar surface area (TPSA) is 65.2 Å². The predicted octanol–water partition coefficient (Wildman–Crippen LogP) is 3.93. The molecule has 1 atom stereocenters. The van der Waals surface area contributed by atoms with Crippen molar-refractivity contribution in [2.24, 2.45) is 0 Å². The van der Waals surface area contributed by atoms with Crippen LogP contribution < -0.4 is 0 Å². The van der Waals surface area contributed by atoms with E-state index in [9.17, 15) is 13.6 Å². The standard InChI is InChI=1S/C17H12F2N2O3/c1-10(23-17(22)13-8-7-12(18)9-14(13)19)15-20-21-16(24-15)11-5-3-2-4-6-11/h2-10H,1H3/t10-/m0/s1. The molecule has 7 heteroatoms. The third kappa shape index (κ3) is 3.29. The van der Waals surface area contributed by atoms with Crippen molar-refractivity contribution >= 4 is 5.97 Å². The number of hydrogen-bond donors (Lipinski definition) is 0. The molecule has 0 fully saturated rings. The van der Waals surface area contributed by atoms with Gasteiger partial charge in [0, 0.05) is 11.6 Å². The number of benzene rings is 2. The molecule has 0 bridgehead atoms. The Morgan fingerprint density at radius 3 is 2.58 bits per heavy atom. The summed E-state index contributed by atoms with van der Waals surface area (Å²) in [4.78, 5) is 12.0. The number of nitrogens with zero attached hydrogens (tertiary/aromatic N) is 2. The lowest BCUT2D eigenvalue weighted by molar-refractivity contribution is 0.0274. The Hall–Kier alpha value is -3.09. The average molecular weight is 330 g/mol. The van der Waals surface area contributed by atoms with E-state index in [1.165, 1.54) is 6.92 Å². The molecular formula is C17H12F2N2O3. The van der Waals surface area contributed by atoms with E-state index in [1.54, 1.807) is 12.1 Å². The molecule has 1 aromatic heterocycles. The predicted molar refractivity (Wildman–Crippen MR) is 79.9 cm³/mol. The summed E-state index contributed by atoms with van der Waals surface area (Å²) in [6, 6.07) is 11.7. The largest absolute Gasteiger partial charge is 0.449 e. The monoisotopic (exact) mass is 330 g/mol. The molecule has 5 nitrogen and oxygen atoms in total. The zero-order valence-electron chi connectivity index (χ0n) is 12.6. The van der Waals surface area contributed by atoms with Crippen molar-refractivity contribution in [1.29, 1.82) is 0 Å². The average Bonchev–Trinajstić information content (AvgIpc) is 3.05. The fourth-order valence-corrected chi connectivity index (χ4v) is 2.03. The van der Waals surface area contributed by atoms with Gasteiger partial charge in [-0.1, -0.05) is 18.2 Å². The Kier molecular flexibility index (Phi) is 4.33. The quantitative estimate of drug-likeness (QED) is 0.678. The van der Waals surface area contributed by atoms with Crippen molar-refractivity contribution in [3.63, 3.8) is 0 Å². The van der Waals surface area contributed by atoms with E-state index < -0.39 is 23.7 Å². The highest BCUT2D eigenvalue weighted by atomic mass is 19.1. The third-order valence-electron chi connectivity index (χ3n) is 3.24. The highest BCUT2D eigenvalue weighted by Crippen LogP contribution is 2.23. The van der Waals surface area contributed by atoms with E-state index in [4.69, 9.17) is 9.15 Å². The minimum atomic E-state index is -0.997. The lowest BCUT2D eigenvalue weighted by atomic mass is 10.2. The molecule has 0 amide bonds. The van der Waals surface area contributed by atoms with Crippen LogP contribution >= 0.6 is 0 Å². The van der Waals surface area contributed by atoms with Gasteiger partial charge in [0.25, 0.3) is 5.89 Å². The van der Waals surface area contributed by atoms with E-state index >= 15 is 0 Å². The Labute approximate surface area is 135 Å². The van der Waals surface area contributed by atoms with Crippen molar-refractivity contribution in [2.75, 3.05) is 0 Å². The summed E-state index contributed by atoms with van der Waals surface area (Å²) in [7, 11) is 0. The van der Waals surface area contributed by atoms with Gasteiger partial charge >= 0.3 is 5.97 Å². The van der Waals surface area contributed by atoms with E-state index in [1.807, 2.05) is 18.2 Å². The lowest BCUT2D eigenvalue weighted by Gasteiger charge is -2.09. The van der Waals surface area contributed by atoms with Gasteiger partial charge < -0.3 is 9.15 Å². The molecule has 1 heterocycles. The third-order valence-corrected chi connectivity index (χ3v) is 3.24. The van der Waals surface area contributed by atoms with Gasteiger partial charge in [0.05, 0.1) is 5.56 Å². The van der Waals surface area contributed by atoms with Crippen molar-refractivity contribution in [1.82, 2.24) is 10.2 Å². The van der Waals surface area contributed by atoms with Crippen molar-refractivity contribution in [2.45, 2.75) is 13.0 Å². The van der Waals surface area contributed by atoms with E-state index in [0.29, 0.717) is 6.07 Å². The second-order valence-electron chi connectivity index (χ2n) is 4.98. The van der Waals surface area contributed by atoms with Gasteiger partial charge in [-0.25, -0.2) is 13.6 Å². The number of hydrogen-bond acceptors (Lipinski definition) is 5. The first-order valence-electron chi connectivity index (χ1n) is 7.09. The maximum atomic E-state index is 13.6. The Morgan fingerprint density at radius 1 is 1.12 bits per heavy atom. The minimum Gasteiger partial charge on any atom is -0.449 e. The van der Waals surface area contributed by atoms with E-state index in [2.05, 4.69) is 10.2 Å². The molecule has 0 aliphatic rings. The van der Waals surface area contributed by atoms with Gasteiger partial charge in [-0.05, 0) is 31.2 Å². The number of aromatic nitrogens is 2. The second kappa shape index (κ2) is 6.57. The SMILES string of the molecule is C[C@H](OC(=O)c1ccc(F)cc1F)c1nnc(-c2ccccc2)o1. The van der Waals surface area contributed by atoms with Crippen LogP contribution in [0.4, 0.5) is 8.78 Å². The number of carbonyl (C=O) groups is 1. The zero-order chi connectivity index (χ0) is 17.1. The first-order valence-corrected chi connectivity index (χ1v) is 7.09. The van der Waals surface area contributed by atoms with Crippen molar-refractivity contribution in [3.05, 3.63) is 71.6 Å². The molecule has 0 N–H and O–H groups in total. The Balaban J connectivity index is 1.74. The van der Waals surface area contributed by atoms with Crippen LogP contribution in [0.5, 0.6) is 0 Å². The number of ether oxygens (including phenoxy) is 1. The molecule has 0 saturated carbocycles. The van der Waals surface area contributed by atoms with Crippen LogP contribution in [0.25, 0.3) is 11.5 Å². The summed E-state index contributed by atoms with van der Waals surface area (Å²) in [5.74, 6) is -2.37. The second-order valence-corrected chi connectivity index (χ2v) is 4.98. The van der Waals surface area contributed by atoms with Gasteiger partial charge in [-0.3, -0.25) is 0 Å². The fraction of sp³-hybridized carbons (Fsp3) is 0.118. The smallest absolute Gasteiger partial charge is 0.341 e. The molecule has 0 aliphatic carbocycles. The summed E-state index contributed by atoms with van der Waals surface area (Å²) in [5.41, 5.74) is 0.352. The number of carbonyl (C=O) groups excluding carboxylic acids is 1. The lowest BCUT2D eigenvalue weighted by Crippen LogP contribution is -2.11. The molecule has 0 unspecified atom stereocenters. The molecule has 3 rings (SSSR count). The fourth-order valence-electron chi connectivity index (χ4n) is 2.03. The molecule has 24 heavy (non-hydrogen) atoms. The summed E-state index contributed by atoms with van der Waals surface area (Å²) in [6.07, 6.45) is -0.882. The molecule has 2 aromatic carbocycles. The summed E-state index contributed by atoms with van der Waals surface area (Å²) in [5, 5.41) is 7.71. The maximum absolute atomic E-state index is 13.6. The number of rotatable bonds is 4. The van der Waals surface area contributed by atoms with Gasteiger partial charge in [0.15, 0.2) is 6.10 Å². The molecule has 122 valence electrons. The van der Waals surface area contributed by atoms with Crippen LogP contribution in [-0.4, -0.2) is 16.2 Å². The molecule has 0 saturated heterocycles. The van der Waals surface area contributed by atoms with Crippen LogP contribution in [-0.2, 0) is 4.74 Å². The first-order chi connectivity index (χ1) is 11.5. The number of halogens is 2. The molecular weight excluding hydrogens is 318 g/mol. The highest BCUT2D eigenvalue weighted by molar-refractivity contribution is 5.89. The Morgan fingerprint density at radius 2 is 1.88 bits per heavy atom. The van der Waals surface area contributed by atoms with Crippen LogP contribution in [0.15, 0.2) is 52.9 Å². The summed E-state index contributed by atoms with van der Waals surface area (Å²) >= 11 is 0. The minimum absolute atomic E-state index is 0.0738. The van der Waals surface area contributed by atoms with Crippen molar-refractivity contribution in [3.8, 4) is 11.5 Å². The van der Waals surface area contributed by atoms with Crippen molar-refractivity contribution < 1.29 is 22.7 Å². The Bertz CT molecular complexity index is 865.